The normalized spacial score (nSPS) is 15.0. The molecule has 1 aliphatic rings. The van der Waals surface area contributed by atoms with Gasteiger partial charge in [-0.25, -0.2) is 18.2 Å². The number of aromatic nitrogens is 2. The Morgan fingerprint density at radius 2 is 2.09 bits per heavy atom. The molecule has 2 heterocycles. The van der Waals surface area contributed by atoms with Gasteiger partial charge in [0.05, 0.1) is 18.0 Å². The molecule has 3 rings (SSSR count). The van der Waals surface area contributed by atoms with Gasteiger partial charge >= 0.3 is 6.09 Å². The second-order valence-corrected chi connectivity index (χ2v) is 7.29. The molecule has 1 aromatic carbocycles. The topological polar surface area (TPSA) is 81.5 Å². The van der Waals surface area contributed by atoms with E-state index in [1.807, 2.05) is 31.2 Å². The molecule has 0 N–H and O–H groups in total. The molecule has 1 aliphatic heterocycles. The second kappa shape index (κ2) is 6.04. The van der Waals surface area contributed by atoms with Gasteiger partial charge in [0, 0.05) is 18.9 Å². The van der Waals surface area contributed by atoms with Gasteiger partial charge in [0.1, 0.15) is 6.61 Å². The number of imidazole rings is 1. The van der Waals surface area contributed by atoms with E-state index >= 15 is 0 Å². The number of aryl methyl sites for hydroxylation is 1. The molecule has 0 radical (unpaired) electrons. The lowest BCUT2D eigenvalue weighted by Crippen LogP contribution is -2.30. The summed E-state index contributed by atoms with van der Waals surface area (Å²) in [6.45, 7) is 2.73. The average molecular weight is 335 g/mol. The van der Waals surface area contributed by atoms with Crippen molar-refractivity contribution in [3.05, 3.63) is 42.2 Å². The minimum atomic E-state index is -3.62. The lowest BCUT2D eigenvalue weighted by atomic mass is 10.2. The molecule has 0 atom stereocenters. The van der Waals surface area contributed by atoms with E-state index in [0.717, 1.165) is 11.3 Å². The molecule has 1 amide bonds. The lowest BCUT2D eigenvalue weighted by molar-refractivity contribution is 0.160. The fourth-order valence-corrected chi connectivity index (χ4v) is 3.81. The maximum absolute atomic E-state index is 12.6. The van der Waals surface area contributed by atoms with Gasteiger partial charge in [-0.1, -0.05) is 18.2 Å². The highest BCUT2D eigenvalue weighted by atomic mass is 32.2. The molecule has 7 nitrogen and oxygen atoms in total. The van der Waals surface area contributed by atoms with E-state index in [1.54, 1.807) is 10.8 Å². The number of hydrogen-bond donors (Lipinski definition) is 0. The average Bonchev–Trinajstić information content (AvgIpc) is 3.15. The van der Waals surface area contributed by atoms with E-state index in [4.69, 9.17) is 4.74 Å². The summed E-state index contributed by atoms with van der Waals surface area (Å²) in [4.78, 5) is 16.8. The van der Waals surface area contributed by atoms with Crippen LogP contribution in [0.25, 0.3) is 5.69 Å². The van der Waals surface area contributed by atoms with Gasteiger partial charge in [0.15, 0.2) is 0 Å². The van der Waals surface area contributed by atoms with Crippen molar-refractivity contribution in [3.63, 3.8) is 0 Å². The van der Waals surface area contributed by atoms with Gasteiger partial charge in [0.25, 0.3) is 0 Å². The summed E-state index contributed by atoms with van der Waals surface area (Å²) in [5.74, 6) is -0.189. The summed E-state index contributed by atoms with van der Waals surface area (Å²) in [5, 5.41) is -0.0145. The number of rotatable bonds is 5. The fraction of sp³-hybridized carbons (Fsp3) is 0.333. The summed E-state index contributed by atoms with van der Waals surface area (Å²) in [6, 6.07) is 7.49. The monoisotopic (exact) mass is 335 g/mol. The molecule has 2 aromatic rings. The molecule has 8 heteroatoms. The van der Waals surface area contributed by atoms with E-state index in [1.165, 1.54) is 11.1 Å². The Bertz CT molecular complexity index is 829. The standard InChI is InChI=1S/C15H17N3O4S/c1-12-4-2-3-5-13(12)18-7-6-16-14(18)23(20,21)11-9-17-8-10-22-15(17)19/h2-7H,8-11H2,1H3. The summed E-state index contributed by atoms with van der Waals surface area (Å²) < 4.78 is 31.6. The zero-order chi connectivity index (χ0) is 16.4. The Labute approximate surface area is 134 Å². The first kappa shape index (κ1) is 15.5. The predicted octanol–water partition coefficient (Wildman–Crippen LogP) is 1.41. The van der Waals surface area contributed by atoms with E-state index in [2.05, 4.69) is 4.98 Å². The molecule has 0 bridgehead atoms. The van der Waals surface area contributed by atoms with Crippen LogP contribution < -0.4 is 0 Å². The summed E-state index contributed by atoms with van der Waals surface area (Å²) >= 11 is 0. The zero-order valence-electron chi connectivity index (χ0n) is 12.7. The van der Waals surface area contributed by atoms with Crippen LogP contribution in [0.5, 0.6) is 0 Å². The molecular formula is C15H17N3O4S. The van der Waals surface area contributed by atoms with Crippen molar-refractivity contribution in [1.82, 2.24) is 14.5 Å². The molecule has 1 saturated heterocycles. The van der Waals surface area contributed by atoms with E-state index in [0.29, 0.717) is 13.2 Å². The van der Waals surface area contributed by atoms with Crippen LogP contribution in [0, 0.1) is 6.92 Å². The number of sulfone groups is 1. The number of cyclic esters (lactones) is 1. The highest BCUT2D eigenvalue weighted by Crippen LogP contribution is 2.19. The van der Waals surface area contributed by atoms with Crippen LogP contribution in [0.1, 0.15) is 5.56 Å². The molecule has 1 fully saturated rings. The number of carbonyl (C=O) groups is 1. The quantitative estimate of drug-likeness (QED) is 0.825. The highest BCUT2D eigenvalue weighted by Gasteiger charge is 2.27. The largest absolute Gasteiger partial charge is 0.448 e. The third kappa shape index (κ3) is 3.07. The first-order chi connectivity index (χ1) is 11.0. The Morgan fingerprint density at radius 3 is 2.78 bits per heavy atom. The van der Waals surface area contributed by atoms with Crippen LogP contribution >= 0.6 is 0 Å². The predicted molar refractivity (Wildman–Crippen MR) is 83.3 cm³/mol. The van der Waals surface area contributed by atoms with Crippen LogP contribution in [0.4, 0.5) is 4.79 Å². The molecule has 0 unspecified atom stereocenters. The van der Waals surface area contributed by atoms with Crippen molar-refractivity contribution in [3.8, 4) is 5.69 Å². The van der Waals surface area contributed by atoms with E-state index in [9.17, 15) is 13.2 Å². The first-order valence-corrected chi connectivity index (χ1v) is 8.88. The Balaban J connectivity index is 1.85. The Hall–Kier alpha value is -2.35. The third-order valence-corrected chi connectivity index (χ3v) is 5.31. The second-order valence-electron chi connectivity index (χ2n) is 5.29. The maximum atomic E-state index is 12.6. The van der Waals surface area contributed by atoms with Crippen molar-refractivity contribution in [2.24, 2.45) is 0 Å². The van der Waals surface area contributed by atoms with Crippen LogP contribution in [0.3, 0.4) is 0 Å². The number of carbonyl (C=O) groups excluding carboxylic acids is 1. The van der Waals surface area contributed by atoms with Crippen molar-refractivity contribution < 1.29 is 17.9 Å². The van der Waals surface area contributed by atoms with Gasteiger partial charge in [-0.05, 0) is 18.6 Å². The third-order valence-electron chi connectivity index (χ3n) is 3.73. The first-order valence-electron chi connectivity index (χ1n) is 7.23. The minimum Gasteiger partial charge on any atom is -0.448 e. The molecule has 1 aromatic heterocycles. The van der Waals surface area contributed by atoms with Gasteiger partial charge in [0.2, 0.25) is 15.0 Å². The number of ether oxygens (including phenoxy) is 1. The van der Waals surface area contributed by atoms with Crippen LogP contribution in [-0.4, -0.2) is 54.4 Å². The number of para-hydroxylation sites is 1. The van der Waals surface area contributed by atoms with Crippen LogP contribution in [-0.2, 0) is 14.6 Å². The van der Waals surface area contributed by atoms with Crippen molar-refractivity contribution >= 4 is 15.9 Å². The molecule has 23 heavy (non-hydrogen) atoms. The van der Waals surface area contributed by atoms with Crippen molar-refractivity contribution in [2.75, 3.05) is 25.4 Å². The van der Waals surface area contributed by atoms with Gasteiger partial charge in [-0.2, -0.15) is 0 Å². The van der Waals surface area contributed by atoms with E-state index in [-0.39, 0.29) is 17.5 Å². The van der Waals surface area contributed by atoms with Crippen molar-refractivity contribution in [2.45, 2.75) is 12.1 Å². The van der Waals surface area contributed by atoms with Crippen molar-refractivity contribution in [1.29, 1.82) is 0 Å². The molecule has 0 spiro atoms. The van der Waals surface area contributed by atoms with Gasteiger partial charge in [-0.15, -0.1) is 0 Å². The maximum Gasteiger partial charge on any atom is 0.409 e. The van der Waals surface area contributed by atoms with Gasteiger partial charge in [-0.3, -0.25) is 4.57 Å². The summed E-state index contributed by atoms with van der Waals surface area (Å²) in [7, 11) is -3.62. The zero-order valence-corrected chi connectivity index (χ0v) is 13.5. The van der Waals surface area contributed by atoms with Crippen LogP contribution in [0.2, 0.25) is 0 Å². The smallest absolute Gasteiger partial charge is 0.409 e. The molecule has 0 saturated carbocycles. The molecule has 122 valence electrons. The van der Waals surface area contributed by atoms with Gasteiger partial charge < -0.3 is 9.64 Å². The number of hydrogen-bond acceptors (Lipinski definition) is 5. The van der Waals surface area contributed by atoms with Crippen LogP contribution in [0.15, 0.2) is 41.8 Å². The minimum absolute atomic E-state index is 0.0145. The Kier molecular flexibility index (Phi) is 4.08. The summed E-state index contributed by atoms with van der Waals surface area (Å²) in [5.41, 5.74) is 1.72. The molecular weight excluding hydrogens is 318 g/mol. The highest BCUT2D eigenvalue weighted by molar-refractivity contribution is 7.91. The molecule has 0 aliphatic carbocycles. The summed E-state index contributed by atoms with van der Waals surface area (Å²) in [6.07, 6.45) is 2.62. The number of benzene rings is 1. The Morgan fingerprint density at radius 1 is 1.30 bits per heavy atom. The lowest BCUT2D eigenvalue weighted by Gasteiger charge is -2.14. The fourth-order valence-electron chi connectivity index (χ4n) is 2.49. The number of amides is 1. The van der Waals surface area contributed by atoms with E-state index < -0.39 is 15.9 Å². The SMILES string of the molecule is Cc1ccccc1-n1ccnc1S(=O)(=O)CCN1CCOC1=O. The number of nitrogens with zero attached hydrogens (tertiary/aromatic N) is 3.